The summed E-state index contributed by atoms with van der Waals surface area (Å²) in [5.41, 5.74) is 0. The molecule has 2 N–H and O–H groups in total. The van der Waals surface area contributed by atoms with Crippen LogP contribution >= 0.6 is 0 Å². The van der Waals surface area contributed by atoms with Gasteiger partial charge in [0, 0.05) is 38.0 Å². The van der Waals surface area contributed by atoms with Crippen molar-refractivity contribution < 1.29 is 5.11 Å². The van der Waals surface area contributed by atoms with Gasteiger partial charge < -0.3 is 15.3 Å². The summed E-state index contributed by atoms with van der Waals surface area (Å²) in [6.07, 6.45) is 1.98. The topological polar surface area (TPSA) is 61.3 Å². The average molecular weight is 276 g/mol. The van der Waals surface area contributed by atoms with Crippen molar-refractivity contribution in [2.24, 2.45) is 11.8 Å². The van der Waals surface area contributed by atoms with Gasteiger partial charge in [-0.05, 0) is 18.8 Å². The van der Waals surface area contributed by atoms with Crippen molar-refractivity contribution in [3.63, 3.8) is 0 Å². The summed E-state index contributed by atoms with van der Waals surface area (Å²) in [5.74, 6) is 4.11. The van der Waals surface area contributed by atoms with Crippen LogP contribution in [0.4, 0.5) is 11.6 Å². The SMILES string of the molecule is CNc1cc(N2CC3CCC(O)C3C2)nc(C(C)C)n1. The summed E-state index contributed by atoms with van der Waals surface area (Å²) in [6.45, 7) is 6.16. The van der Waals surface area contributed by atoms with Crippen LogP contribution in [-0.2, 0) is 0 Å². The predicted molar refractivity (Wildman–Crippen MR) is 80.1 cm³/mol. The zero-order valence-corrected chi connectivity index (χ0v) is 12.5. The van der Waals surface area contributed by atoms with E-state index < -0.39 is 0 Å². The lowest BCUT2D eigenvalue weighted by Gasteiger charge is -2.21. The number of hydrogen-bond acceptors (Lipinski definition) is 5. The van der Waals surface area contributed by atoms with Crippen molar-refractivity contribution in [2.75, 3.05) is 30.4 Å². The number of aliphatic hydroxyl groups is 1. The Hall–Kier alpha value is -1.36. The molecule has 0 amide bonds. The normalized spacial score (nSPS) is 29.1. The number of fused-ring (bicyclic) bond motifs is 1. The molecule has 2 fully saturated rings. The molecule has 2 aliphatic rings. The molecule has 1 saturated heterocycles. The summed E-state index contributed by atoms with van der Waals surface area (Å²) in [7, 11) is 1.89. The minimum absolute atomic E-state index is 0.125. The molecule has 3 atom stereocenters. The lowest BCUT2D eigenvalue weighted by Crippen LogP contribution is -2.25. The Morgan fingerprint density at radius 3 is 2.75 bits per heavy atom. The number of aromatic nitrogens is 2. The largest absolute Gasteiger partial charge is 0.393 e. The van der Waals surface area contributed by atoms with Crippen molar-refractivity contribution in [1.82, 2.24) is 9.97 Å². The Morgan fingerprint density at radius 2 is 2.10 bits per heavy atom. The van der Waals surface area contributed by atoms with E-state index in [4.69, 9.17) is 4.98 Å². The summed E-state index contributed by atoms with van der Waals surface area (Å²) in [4.78, 5) is 11.5. The van der Waals surface area contributed by atoms with Gasteiger partial charge in [-0.15, -0.1) is 0 Å². The number of aliphatic hydroxyl groups excluding tert-OH is 1. The van der Waals surface area contributed by atoms with Crippen molar-refractivity contribution in [2.45, 2.75) is 38.7 Å². The highest BCUT2D eigenvalue weighted by molar-refractivity contribution is 5.50. The van der Waals surface area contributed by atoms with Gasteiger partial charge in [0.2, 0.25) is 0 Å². The Bertz CT molecular complexity index is 491. The van der Waals surface area contributed by atoms with Crippen LogP contribution in [0.5, 0.6) is 0 Å². The first-order chi connectivity index (χ1) is 9.58. The van der Waals surface area contributed by atoms with Gasteiger partial charge in [0.05, 0.1) is 6.10 Å². The smallest absolute Gasteiger partial charge is 0.135 e. The van der Waals surface area contributed by atoms with Crippen molar-refractivity contribution in [1.29, 1.82) is 0 Å². The molecule has 20 heavy (non-hydrogen) atoms. The molecule has 1 aromatic heterocycles. The molecule has 2 heterocycles. The van der Waals surface area contributed by atoms with Gasteiger partial charge in [-0.1, -0.05) is 13.8 Å². The Labute approximate surface area is 120 Å². The van der Waals surface area contributed by atoms with Gasteiger partial charge in [0.15, 0.2) is 0 Å². The molecule has 3 unspecified atom stereocenters. The van der Waals surface area contributed by atoms with Crippen LogP contribution in [0.1, 0.15) is 38.4 Å². The maximum atomic E-state index is 10.0. The highest BCUT2D eigenvalue weighted by Gasteiger charge is 2.42. The first kappa shape index (κ1) is 13.6. The maximum absolute atomic E-state index is 10.0. The van der Waals surface area contributed by atoms with E-state index in [1.165, 1.54) is 0 Å². The zero-order valence-electron chi connectivity index (χ0n) is 12.5. The van der Waals surface area contributed by atoms with Gasteiger partial charge in [0.1, 0.15) is 17.5 Å². The molecule has 1 aromatic rings. The summed E-state index contributed by atoms with van der Waals surface area (Å²) < 4.78 is 0. The van der Waals surface area contributed by atoms with E-state index in [-0.39, 0.29) is 6.10 Å². The maximum Gasteiger partial charge on any atom is 0.135 e. The van der Waals surface area contributed by atoms with Gasteiger partial charge in [-0.2, -0.15) is 0 Å². The summed E-state index contributed by atoms with van der Waals surface area (Å²) in [5, 5.41) is 13.2. The Morgan fingerprint density at radius 1 is 1.30 bits per heavy atom. The lowest BCUT2D eigenvalue weighted by molar-refractivity contribution is 0.133. The second kappa shape index (κ2) is 5.20. The lowest BCUT2D eigenvalue weighted by atomic mass is 10.00. The third kappa shape index (κ3) is 2.35. The standard InChI is InChI=1S/C15H24N4O/c1-9(2)15-17-13(16-3)6-14(18-15)19-7-10-4-5-12(20)11(10)8-19/h6,9-12,20H,4-5,7-8H2,1-3H3,(H,16,17,18). The van der Waals surface area contributed by atoms with E-state index in [0.717, 1.165) is 43.4 Å². The molecule has 1 aliphatic heterocycles. The molecule has 5 heteroatoms. The quantitative estimate of drug-likeness (QED) is 0.882. The molecular weight excluding hydrogens is 252 g/mol. The van der Waals surface area contributed by atoms with E-state index in [0.29, 0.717) is 17.8 Å². The van der Waals surface area contributed by atoms with Crippen LogP contribution in [-0.4, -0.2) is 41.3 Å². The van der Waals surface area contributed by atoms with E-state index in [1.54, 1.807) is 0 Å². The number of rotatable bonds is 3. The van der Waals surface area contributed by atoms with Crippen LogP contribution < -0.4 is 10.2 Å². The van der Waals surface area contributed by atoms with Gasteiger partial charge >= 0.3 is 0 Å². The molecule has 0 aromatic carbocycles. The van der Waals surface area contributed by atoms with Crippen LogP contribution in [0.3, 0.4) is 0 Å². The summed E-state index contributed by atoms with van der Waals surface area (Å²) in [6, 6.07) is 2.01. The fourth-order valence-corrected chi connectivity index (χ4v) is 3.42. The second-order valence-electron chi connectivity index (χ2n) is 6.35. The van der Waals surface area contributed by atoms with Crippen molar-refractivity contribution in [3.8, 4) is 0 Å². The van der Waals surface area contributed by atoms with Gasteiger partial charge in [0.25, 0.3) is 0 Å². The van der Waals surface area contributed by atoms with E-state index in [2.05, 4.69) is 29.0 Å². The zero-order chi connectivity index (χ0) is 14.3. The third-order valence-corrected chi connectivity index (χ3v) is 4.65. The molecule has 110 valence electrons. The number of nitrogens with one attached hydrogen (secondary N) is 1. The van der Waals surface area contributed by atoms with Crippen LogP contribution in [0.25, 0.3) is 0 Å². The van der Waals surface area contributed by atoms with E-state index in [9.17, 15) is 5.11 Å². The number of anilines is 2. The summed E-state index contributed by atoms with van der Waals surface area (Å²) >= 11 is 0. The third-order valence-electron chi connectivity index (χ3n) is 4.65. The highest BCUT2D eigenvalue weighted by atomic mass is 16.3. The van der Waals surface area contributed by atoms with Crippen LogP contribution in [0, 0.1) is 11.8 Å². The first-order valence-corrected chi connectivity index (χ1v) is 7.58. The average Bonchev–Trinajstić information content (AvgIpc) is 3.01. The molecular formula is C15H24N4O. The highest BCUT2D eigenvalue weighted by Crippen LogP contribution is 2.39. The minimum Gasteiger partial charge on any atom is -0.393 e. The van der Waals surface area contributed by atoms with Crippen LogP contribution in [0.15, 0.2) is 6.07 Å². The molecule has 1 aliphatic carbocycles. The predicted octanol–water partition coefficient (Wildman–Crippen LogP) is 1.85. The fourth-order valence-electron chi connectivity index (χ4n) is 3.42. The van der Waals surface area contributed by atoms with E-state index in [1.807, 2.05) is 13.1 Å². The van der Waals surface area contributed by atoms with Crippen molar-refractivity contribution >= 4 is 11.6 Å². The molecule has 0 radical (unpaired) electrons. The van der Waals surface area contributed by atoms with Gasteiger partial charge in [-0.3, -0.25) is 0 Å². The second-order valence-corrected chi connectivity index (χ2v) is 6.35. The molecule has 0 spiro atoms. The Balaban J connectivity index is 1.85. The van der Waals surface area contributed by atoms with Crippen LogP contribution in [0.2, 0.25) is 0 Å². The van der Waals surface area contributed by atoms with E-state index >= 15 is 0 Å². The number of hydrogen-bond donors (Lipinski definition) is 2. The number of nitrogens with zero attached hydrogens (tertiary/aromatic N) is 3. The molecule has 0 bridgehead atoms. The van der Waals surface area contributed by atoms with Crippen molar-refractivity contribution in [3.05, 3.63) is 11.9 Å². The van der Waals surface area contributed by atoms with Gasteiger partial charge in [-0.25, -0.2) is 9.97 Å². The molecule has 1 saturated carbocycles. The molecule has 3 rings (SSSR count). The monoisotopic (exact) mass is 276 g/mol. The fraction of sp³-hybridized carbons (Fsp3) is 0.733. The first-order valence-electron chi connectivity index (χ1n) is 7.58. The Kier molecular flexibility index (Phi) is 3.54. The minimum atomic E-state index is -0.125. The molecule has 5 nitrogen and oxygen atoms in total.